The highest BCUT2D eigenvalue weighted by Crippen LogP contribution is 2.61. The standard InChI is InChI=1S/C18H19NO3/c1-19-8-7-18-11-4-5-13(20)17(18)22-16-14(21-2)6-3-10(15(16)18)9-12(11)19/h3-4,6,12,17H,5,7-9H2,1-2H3/t12?,17?,18-/m0/s1. The minimum absolute atomic E-state index is 0.207. The van der Waals surface area contributed by atoms with Crippen molar-refractivity contribution in [2.45, 2.75) is 36.8 Å². The average Bonchev–Trinajstić information content (AvgIpc) is 2.88. The molecule has 2 heterocycles. The van der Waals surface area contributed by atoms with Crippen LogP contribution in [0, 0.1) is 0 Å². The number of carbonyl (C=O) groups is 1. The Morgan fingerprint density at radius 1 is 1.41 bits per heavy atom. The lowest BCUT2D eigenvalue weighted by Gasteiger charge is -2.52. The predicted molar refractivity (Wildman–Crippen MR) is 81.5 cm³/mol. The molecule has 5 rings (SSSR count). The summed E-state index contributed by atoms with van der Waals surface area (Å²) in [6, 6.07) is 4.55. The van der Waals surface area contributed by atoms with E-state index in [9.17, 15) is 4.79 Å². The Morgan fingerprint density at radius 2 is 2.27 bits per heavy atom. The van der Waals surface area contributed by atoms with Gasteiger partial charge < -0.3 is 9.47 Å². The van der Waals surface area contributed by atoms with E-state index < -0.39 is 0 Å². The van der Waals surface area contributed by atoms with E-state index in [0.717, 1.165) is 30.9 Å². The molecule has 2 aliphatic carbocycles. The fraction of sp³-hybridized carbons (Fsp3) is 0.500. The molecule has 2 bridgehead atoms. The van der Waals surface area contributed by atoms with Crippen molar-refractivity contribution in [1.29, 1.82) is 0 Å². The van der Waals surface area contributed by atoms with E-state index in [4.69, 9.17) is 9.47 Å². The topological polar surface area (TPSA) is 38.8 Å². The average molecular weight is 297 g/mol. The van der Waals surface area contributed by atoms with Crippen LogP contribution < -0.4 is 9.47 Å². The lowest BCUT2D eigenvalue weighted by molar-refractivity contribution is -0.128. The molecule has 4 nitrogen and oxygen atoms in total. The molecule has 0 amide bonds. The van der Waals surface area contributed by atoms with Crippen molar-refractivity contribution in [3.05, 3.63) is 34.9 Å². The smallest absolute Gasteiger partial charge is 0.178 e. The second kappa shape index (κ2) is 3.93. The van der Waals surface area contributed by atoms with Gasteiger partial charge in [-0.05, 0) is 43.6 Å². The Bertz CT molecular complexity index is 738. The number of carbonyl (C=O) groups excluding carboxylic acids is 1. The highest BCUT2D eigenvalue weighted by atomic mass is 16.5. The Hall–Kier alpha value is -1.81. The number of allylic oxidation sites excluding steroid dienone is 1. The number of rotatable bonds is 1. The maximum Gasteiger partial charge on any atom is 0.178 e. The van der Waals surface area contributed by atoms with Crippen LogP contribution in [-0.4, -0.2) is 43.5 Å². The first-order valence-electron chi connectivity index (χ1n) is 7.97. The second-order valence-corrected chi connectivity index (χ2v) is 6.88. The molecule has 0 N–H and O–H groups in total. The molecule has 1 fully saturated rings. The van der Waals surface area contributed by atoms with Crippen LogP contribution in [0.15, 0.2) is 23.8 Å². The normalized spacial score (nSPS) is 34.8. The van der Waals surface area contributed by atoms with Gasteiger partial charge in [0, 0.05) is 18.0 Å². The van der Waals surface area contributed by atoms with E-state index in [0.29, 0.717) is 12.5 Å². The van der Waals surface area contributed by atoms with Crippen molar-refractivity contribution in [3.8, 4) is 11.5 Å². The van der Waals surface area contributed by atoms with Crippen LogP contribution >= 0.6 is 0 Å². The van der Waals surface area contributed by atoms with Crippen LogP contribution in [0.25, 0.3) is 0 Å². The van der Waals surface area contributed by atoms with Crippen LogP contribution in [0.5, 0.6) is 11.5 Å². The van der Waals surface area contributed by atoms with Crippen molar-refractivity contribution in [2.75, 3.05) is 20.7 Å². The molecule has 3 atom stereocenters. The van der Waals surface area contributed by atoms with Gasteiger partial charge in [-0.1, -0.05) is 12.1 Å². The molecule has 1 aromatic rings. The van der Waals surface area contributed by atoms with Crippen molar-refractivity contribution < 1.29 is 14.3 Å². The van der Waals surface area contributed by atoms with Crippen molar-refractivity contribution in [3.63, 3.8) is 0 Å². The summed E-state index contributed by atoms with van der Waals surface area (Å²) < 4.78 is 11.7. The van der Waals surface area contributed by atoms with Gasteiger partial charge in [0.15, 0.2) is 23.4 Å². The van der Waals surface area contributed by atoms with Gasteiger partial charge in [0.25, 0.3) is 0 Å². The molecule has 0 aromatic heterocycles. The van der Waals surface area contributed by atoms with Gasteiger partial charge in [0.1, 0.15) is 0 Å². The van der Waals surface area contributed by atoms with Gasteiger partial charge in [-0.2, -0.15) is 0 Å². The Kier molecular flexibility index (Phi) is 2.27. The predicted octanol–water partition coefficient (Wildman–Crippen LogP) is 1.85. The molecule has 1 spiro atoms. The number of likely N-dealkylation sites (N-methyl/N-ethyl adjacent to an activating group) is 1. The molecule has 0 radical (unpaired) electrons. The minimum atomic E-state index is -0.353. The summed E-state index contributed by atoms with van der Waals surface area (Å²) in [5, 5.41) is 0. The second-order valence-electron chi connectivity index (χ2n) is 6.88. The third kappa shape index (κ3) is 1.23. The monoisotopic (exact) mass is 297 g/mol. The first-order valence-corrected chi connectivity index (χ1v) is 7.97. The maximum absolute atomic E-state index is 12.6. The quantitative estimate of drug-likeness (QED) is 0.742. The zero-order valence-corrected chi connectivity index (χ0v) is 12.9. The maximum atomic E-state index is 12.6. The molecular weight excluding hydrogens is 278 g/mol. The summed E-state index contributed by atoms with van der Waals surface area (Å²) in [6.07, 6.45) is 4.28. The van der Waals surface area contributed by atoms with E-state index in [1.54, 1.807) is 7.11 Å². The number of benzene rings is 1. The molecule has 0 saturated carbocycles. The van der Waals surface area contributed by atoms with E-state index in [2.05, 4.69) is 24.1 Å². The molecule has 4 heteroatoms. The molecule has 2 aliphatic heterocycles. The lowest BCUT2D eigenvalue weighted by atomic mass is 9.56. The fourth-order valence-electron chi connectivity index (χ4n) is 5.08. The van der Waals surface area contributed by atoms with Gasteiger partial charge in [0.05, 0.1) is 12.5 Å². The third-order valence-electron chi connectivity index (χ3n) is 6.05. The van der Waals surface area contributed by atoms with Crippen molar-refractivity contribution >= 4 is 5.78 Å². The van der Waals surface area contributed by atoms with Gasteiger partial charge in [-0.25, -0.2) is 0 Å². The van der Waals surface area contributed by atoms with E-state index in [1.165, 1.54) is 16.7 Å². The zero-order valence-electron chi connectivity index (χ0n) is 12.9. The summed E-state index contributed by atoms with van der Waals surface area (Å²) in [4.78, 5) is 15.0. The summed E-state index contributed by atoms with van der Waals surface area (Å²) in [6.45, 7) is 1.01. The number of ketones is 1. The molecule has 114 valence electrons. The van der Waals surface area contributed by atoms with Crippen LogP contribution in [-0.2, 0) is 16.6 Å². The van der Waals surface area contributed by atoms with Gasteiger partial charge in [-0.3, -0.25) is 9.69 Å². The fourth-order valence-corrected chi connectivity index (χ4v) is 5.08. The van der Waals surface area contributed by atoms with Crippen molar-refractivity contribution in [2.24, 2.45) is 0 Å². The number of nitrogens with zero attached hydrogens (tertiary/aromatic N) is 1. The first kappa shape index (κ1) is 12.7. The van der Waals surface area contributed by atoms with Crippen LogP contribution in [0.2, 0.25) is 0 Å². The highest BCUT2D eigenvalue weighted by Gasteiger charge is 2.62. The SMILES string of the molecule is COc1ccc2c3c1OC1C(=O)CC=C4C(C2)N(C)CC[C@]431. The minimum Gasteiger partial charge on any atom is -0.493 e. The first-order chi connectivity index (χ1) is 10.7. The third-order valence-corrected chi connectivity index (χ3v) is 6.05. The summed E-state index contributed by atoms with van der Waals surface area (Å²) in [5.74, 6) is 1.78. The van der Waals surface area contributed by atoms with E-state index in [1.807, 2.05) is 6.07 Å². The summed E-state index contributed by atoms with van der Waals surface area (Å²) in [5.41, 5.74) is 3.73. The molecule has 2 unspecified atom stereocenters. The van der Waals surface area contributed by atoms with E-state index in [-0.39, 0.29) is 17.3 Å². The van der Waals surface area contributed by atoms with E-state index >= 15 is 0 Å². The van der Waals surface area contributed by atoms with Crippen molar-refractivity contribution in [1.82, 2.24) is 4.90 Å². The van der Waals surface area contributed by atoms with Crippen LogP contribution in [0.1, 0.15) is 24.0 Å². The highest BCUT2D eigenvalue weighted by molar-refractivity contribution is 5.92. The molecule has 1 aromatic carbocycles. The van der Waals surface area contributed by atoms with Gasteiger partial charge >= 0.3 is 0 Å². The Morgan fingerprint density at radius 3 is 3.09 bits per heavy atom. The Labute approximate surface area is 129 Å². The lowest BCUT2D eigenvalue weighted by Crippen LogP contribution is -2.60. The number of piperidine rings is 1. The van der Waals surface area contributed by atoms with Gasteiger partial charge in [0.2, 0.25) is 0 Å². The van der Waals surface area contributed by atoms with Gasteiger partial charge in [-0.15, -0.1) is 0 Å². The molecular formula is C18H19NO3. The molecule has 1 saturated heterocycles. The number of hydrogen-bond acceptors (Lipinski definition) is 4. The Balaban J connectivity index is 1.86. The van der Waals surface area contributed by atoms with Crippen LogP contribution in [0.4, 0.5) is 0 Å². The van der Waals surface area contributed by atoms with Crippen LogP contribution in [0.3, 0.4) is 0 Å². The molecule has 22 heavy (non-hydrogen) atoms. The summed E-state index contributed by atoms with van der Waals surface area (Å²) >= 11 is 0. The number of ether oxygens (including phenoxy) is 2. The molecule has 4 aliphatic rings. The largest absolute Gasteiger partial charge is 0.493 e. The number of hydrogen-bond donors (Lipinski definition) is 0. The zero-order chi connectivity index (χ0) is 15.1. The summed E-state index contributed by atoms with van der Waals surface area (Å²) in [7, 11) is 3.86. The number of likely N-dealkylation sites (tertiary alicyclic amines) is 1. The number of methoxy groups -OCH3 is 1. The number of Topliss-reactive ketones (excluding diaryl/α,β-unsaturated/α-hetero) is 1.